The third-order valence-corrected chi connectivity index (χ3v) is 4.16. The average Bonchev–Trinajstić information content (AvgIpc) is 2.97. The van der Waals surface area contributed by atoms with Crippen molar-refractivity contribution in [3.05, 3.63) is 35.6 Å². The smallest absolute Gasteiger partial charge is 0.411 e. The van der Waals surface area contributed by atoms with Crippen LogP contribution in [0.3, 0.4) is 0 Å². The fourth-order valence-corrected chi connectivity index (χ4v) is 3.21. The molecule has 2 saturated heterocycles. The normalized spacial score (nSPS) is 23.6. The molecule has 1 aromatic rings. The zero-order chi connectivity index (χ0) is 16.8. The summed E-state index contributed by atoms with van der Waals surface area (Å²) in [4.78, 5) is 28.0. The number of halogens is 1. The van der Waals surface area contributed by atoms with E-state index in [1.54, 1.807) is 37.8 Å². The van der Waals surface area contributed by atoms with Gasteiger partial charge in [0, 0.05) is 13.1 Å². The van der Waals surface area contributed by atoms with Gasteiger partial charge >= 0.3 is 6.09 Å². The van der Waals surface area contributed by atoms with Crippen LogP contribution in [0.25, 0.3) is 0 Å². The Morgan fingerprint density at radius 3 is 2.74 bits per heavy atom. The molecule has 0 aromatic heterocycles. The Hall–Kier alpha value is -2.11. The van der Waals surface area contributed by atoms with Gasteiger partial charge < -0.3 is 9.64 Å². The van der Waals surface area contributed by atoms with E-state index in [9.17, 15) is 14.0 Å². The Kier molecular flexibility index (Phi) is 3.78. The molecule has 2 aliphatic heterocycles. The van der Waals surface area contributed by atoms with Crippen molar-refractivity contribution in [1.29, 1.82) is 0 Å². The zero-order valence-corrected chi connectivity index (χ0v) is 13.6. The van der Waals surface area contributed by atoms with Gasteiger partial charge in [0.05, 0.1) is 6.04 Å². The number of nitrogens with zero attached hydrogens (tertiary/aromatic N) is 2. The highest BCUT2D eigenvalue weighted by molar-refractivity contribution is 5.89. The Bertz CT molecular complexity index is 641. The first-order valence-corrected chi connectivity index (χ1v) is 7.79. The van der Waals surface area contributed by atoms with Crippen LogP contribution in [-0.4, -0.2) is 46.0 Å². The largest absolute Gasteiger partial charge is 0.444 e. The van der Waals surface area contributed by atoms with Gasteiger partial charge in [0.1, 0.15) is 17.5 Å². The van der Waals surface area contributed by atoms with Crippen LogP contribution in [0.1, 0.15) is 32.8 Å². The molecule has 0 aliphatic carbocycles. The molecule has 124 valence electrons. The molecular formula is C17H21FN2O3. The monoisotopic (exact) mass is 320 g/mol. The van der Waals surface area contributed by atoms with Gasteiger partial charge in [-0.25, -0.2) is 9.18 Å². The molecule has 6 heteroatoms. The number of hydrogen-bond donors (Lipinski definition) is 0. The molecule has 2 bridgehead atoms. The fraction of sp³-hybridized carbons (Fsp3) is 0.529. The Balaban J connectivity index is 1.67. The van der Waals surface area contributed by atoms with Crippen molar-refractivity contribution in [2.24, 2.45) is 0 Å². The average molecular weight is 320 g/mol. The summed E-state index contributed by atoms with van der Waals surface area (Å²) in [5.74, 6) is -0.397. The van der Waals surface area contributed by atoms with Crippen LogP contribution in [-0.2, 0) is 16.1 Å². The predicted molar refractivity (Wildman–Crippen MR) is 82.1 cm³/mol. The van der Waals surface area contributed by atoms with Crippen molar-refractivity contribution in [2.45, 2.75) is 51.4 Å². The van der Waals surface area contributed by atoms with Crippen molar-refractivity contribution < 1.29 is 18.7 Å². The summed E-state index contributed by atoms with van der Waals surface area (Å²) < 4.78 is 18.6. The molecule has 2 aliphatic rings. The van der Waals surface area contributed by atoms with E-state index >= 15 is 0 Å². The third-order valence-electron chi connectivity index (χ3n) is 4.16. The van der Waals surface area contributed by atoms with E-state index in [-0.39, 0.29) is 17.8 Å². The van der Waals surface area contributed by atoms with E-state index < -0.39 is 17.7 Å². The molecule has 0 saturated carbocycles. The van der Waals surface area contributed by atoms with E-state index in [2.05, 4.69) is 0 Å². The predicted octanol–water partition coefficient (Wildman–Crippen LogP) is 2.55. The number of ether oxygens (including phenoxy) is 1. The van der Waals surface area contributed by atoms with Crippen molar-refractivity contribution in [2.75, 3.05) is 6.54 Å². The summed E-state index contributed by atoms with van der Waals surface area (Å²) in [6.07, 6.45) is 0.177. The standard InChI is InChI=1S/C17H21FN2O3/c1-17(2,3)23-16(22)20-10-13-8-14(20)15(21)19(13)9-11-5-4-6-12(18)7-11/h4-7,13-14H,8-10H2,1-3H3/t13-,14+/m0/s1. The van der Waals surface area contributed by atoms with Gasteiger partial charge in [-0.3, -0.25) is 9.69 Å². The van der Waals surface area contributed by atoms with Crippen LogP contribution < -0.4 is 0 Å². The number of carbonyl (C=O) groups is 2. The summed E-state index contributed by atoms with van der Waals surface area (Å²) in [5.41, 5.74) is 0.179. The van der Waals surface area contributed by atoms with Gasteiger partial charge in [0.2, 0.25) is 5.91 Å². The molecule has 3 rings (SSSR count). The van der Waals surface area contributed by atoms with Crippen LogP contribution in [0.2, 0.25) is 0 Å². The zero-order valence-electron chi connectivity index (χ0n) is 13.6. The second kappa shape index (κ2) is 5.51. The first kappa shape index (κ1) is 15.8. The molecule has 5 nitrogen and oxygen atoms in total. The maximum absolute atomic E-state index is 13.3. The second-order valence-electron chi connectivity index (χ2n) is 7.13. The highest BCUT2D eigenvalue weighted by atomic mass is 19.1. The van der Waals surface area contributed by atoms with Crippen LogP contribution >= 0.6 is 0 Å². The number of hydrogen-bond acceptors (Lipinski definition) is 3. The number of likely N-dealkylation sites (tertiary alicyclic amines) is 2. The number of benzene rings is 1. The Morgan fingerprint density at radius 2 is 2.13 bits per heavy atom. The minimum Gasteiger partial charge on any atom is -0.444 e. The summed E-state index contributed by atoms with van der Waals surface area (Å²) in [5, 5.41) is 0. The number of carbonyl (C=O) groups excluding carboxylic acids is 2. The minimum atomic E-state index is -0.580. The van der Waals surface area contributed by atoms with Gasteiger partial charge in [-0.05, 0) is 44.9 Å². The number of amides is 2. The Labute approximate surface area is 135 Å². The van der Waals surface area contributed by atoms with Gasteiger partial charge in [-0.1, -0.05) is 12.1 Å². The van der Waals surface area contributed by atoms with Crippen LogP contribution in [0.15, 0.2) is 24.3 Å². The number of rotatable bonds is 2. The molecule has 0 spiro atoms. The highest BCUT2D eigenvalue weighted by Crippen LogP contribution is 2.34. The Morgan fingerprint density at radius 1 is 1.39 bits per heavy atom. The quantitative estimate of drug-likeness (QED) is 0.841. The highest BCUT2D eigenvalue weighted by Gasteiger charge is 2.52. The van der Waals surface area contributed by atoms with Crippen LogP contribution in [0.4, 0.5) is 9.18 Å². The number of fused-ring (bicyclic) bond motifs is 2. The summed E-state index contributed by atoms with van der Waals surface area (Å²) in [7, 11) is 0. The van der Waals surface area contributed by atoms with Crippen LogP contribution in [0, 0.1) is 5.82 Å². The maximum Gasteiger partial charge on any atom is 0.411 e. The van der Waals surface area contributed by atoms with Crippen molar-refractivity contribution >= 4 is 12.0 Å². The van der Waals surface area contributed by atoms with Crippen LogP contribution in [0.5, 0.6) is 0 Å². The summed E-state index contributed by atoms with van der Waals surface area (Å²) in [6.45, 7) is 6.26. The van der Waals surface area contributed by atoms with Gasteiger partial charge in [-0.2, -0.15) is 0 Å². The lowest BCUT2D eigenvalue weighted by Crippen LogP contribution is -2.52. The first-order chi connectivity index (χ1) is 10.7. The summed E-state index contributed by atoms with van der Waals surface area (Å²) >= 11 is 0. The molecule has 1 aromatic carbocycles. The first-order valence-electron chi connectivity index (χ1n) is 7.79. The van der Waals surface area contributed by atoms with E-state index in [1.165, 1.54) is 17.0 Å². The molecule has 23 heavy (non-hydrogen) atoms. The van der Waals surface area contributed by atoms with Gasteiger partial charge in [-0.15, -0.1) is 0 Å². The molecule has 0 radical (unpaired) electrons. The van der Waals surface area contributed by atoms with Crippen molar-refractivity contribution in [3.63, 3.8) is 0 Å². The van der Waals surface area contributed by atoms with Crippen molar-refractivity contribution in [3.8, 4) is 0 Å². The molecular weight excluding hydrogens is 299 g/mol. The molecule has 2 amide bonds. The van der Waals surface area contributed by atoms with Gasteiger partial charge in [0.15, 0.2) is 0 Å². The topological polar surface area (TPSA) is 49.9 Å². The second-order valence-corrected chi connectivity index (χ2v) is 7.13. The molecule has 0 unspecified atom stereocenters. The lowest BCUT2D eigenvalue weighted by Gasteiger charge is -2.34. The van der Waals surface area contributed by atoms with E-state index in [4.69, 9.17) is 4.74 Å². The molecule has 2 heterocycles. The van der Waals surface area contributed by atoms with E-state index in [0.29, 0.717) is 19.5 Å². The summed E-state index contributed by atoms with van der Waals surface area (Å²) in [6, 6.07) is 5.77. The maximum atomic E-state index is 13.3. The minimum absolute atomic E-state index is 0.0247. The fourth-order valence-electron chi connectivity index (χ4n) is 3.21. The molecule has 0 N–H and O–H groups in total. The van der Waals surface area contributed by atoms with Crippen molar-refractivity contribution in [1.82, 2.24) is 9.80 Å². The lowest BCUT2D eigenvalue weighted by atomic mass is 10.2. The SMILES string of the molecule is CC(C)(C)OC(=O)N1C[C@@H]2C[C@@H]1C(=O)N2Cc1cccc(F)c1. The number of piperazine rings is 1. The van der Waals surface area contributed by atoms with E-state index in [1.807, 2.05) is 0 Å². The lowest BCUT2D eigenvalue weighted by molar-refractivity contribution is -0.137. The molecule has 2 atom stereocenters. The van der Waals surface area contributed by atoms with E-state index in [0.717, 1.165) is 5.56 Å². The molecule has 2 fully saturated rings. The van der Waals surface area contributed by atoms with Gasteiger partial charge in [0.25, 0.3) is 0 Å². The third kappa shape index (κ3) is 3.16.